The van der Waals surface area contributed by atoms with Gasteiger partial charge in [-0.05, 0) is 44.0 Å². The zero-order valence-corrected chi connectivity index (χ0v) is 14.6. The molecule has 4 heteroatoms. The van der Waals surface area contributed by atoms with E-state index in [1.807, 2.05) is 24.3 Å². The van der Waals surface area contributed by atoms with Crippen LogP contribution in [-0.2, 0) is 6.42 Å². The average Bonchev–Trinajstić information content (AvgIpc) is 2.60. The molecule has 2 aromatic rings. The molecule has 0 aliphatic carbocycles. The quantitative estimate of drug-likeness (QED) is 0.526. The monoisotopic (exact) mass is 335 g/mol. The lowest BCUT2D eigenvalue weighted by atomic mass is 9.84. The highest BCUT2D eigenvalue weighted by atomic mass is 16.5. The van der Waals surface area contributed by atoms with Crippen LogP contribution in [0, 0.1) is 0 Å². The summed E-state index contributed by atoms with van der Waals surface area (Å²) >= 11 is 0. The van der Waals surface area contributed by atoms with Crippen LogP contribution in [0.4, 0.5) is 0 Å². The summed E-state index contributed by atoms with van der Waals surface area (Å²) in [5.74, 6) is 0.430. The molecule has 0 saturated carbocycles. The first-order chi connectivity index (χ1) is 11.9. The molecule has 0 radical (unpaired) electrons. The molecule has 0 bridgehead atoms. The van der Waals surface area contributed by atoms with Crippen LogP contribution in [0.2, 0.25) is 0 Å². The van der Waals surface area contributed by atoms with E-state index in [1.54, 1.807) is 31.4 Å². The largest absolute Gasteiger partial charge is 0.496 e. The number of nitrogens with one attached hydrogen (secondary N) is 1. The minimum atomic E-state index is -0.207. The summed E-state index contributed by atoms with van der Waals surface area (Å²) in [5.41, 5.74) is 3.74. The number of rotatable bonds is 4. The van der Waals surface area contributed by atoms with E-state index in [4.69, 9.17) is 4.74 Å². The molecule has 1 aliphatic rings. The van der Waals surface area contributed by atoms with Crippen LogP contribution >= 0.6 is 0 Å². The van der Waals surface area contributed by atoms with Crippen molar-refractivity contribution >= 4 is 17.8 Å². The Labute approximate surface area is 147 Å². The van der Waals surface area contributed by atoms with E-state index in [1.165, 1.54) is 0 Å². The summed E-state index contributed by atoms with van der Waals surface area (Å²) in [6, 6.07) is 12.7. The third kappa shape index (κ3) is 3.48. The van der Waals surface area contributed by atoms with Crippen LogP contribution in [0.3, 0.4) is 0 Å². The van der Waals surface area contributed by atoms with E-state index in [2.05, 4.69) is 19.2 Å². The van der Waals surface area contributed by atoms with Gasteiger partial charge in [-0.15, -0.1) is 0 Å². The fourth-order valence-corrected chi connectivity index (χ4v) is 3.22. The van der Waals surface area contributed by atoms with E-state index < -0.39 is 0 Å². The Bertz CT molecular complexity index is 865. The van der Waals surface area contributed by atoms with Gasteiger partial charge >= 0.3 is 0 Å². The SMILES string of the molecule is COc1ccccc1C(=O)C=C1NC(C)(C)Cc2cc(C=O)ccc21. The van der Waals surface area contributed by atoms with E-state index in [9.17, 15) is 9.59 Å². The Morgan fingerprint density at radius 1 is 1.20 bits per heavy atom. The number of fused-ring (bicyclic) bond motifs is 1. The van der Waals surface area contributed by atoms with Gasteiger partial charge in [0.25, 0.3) is 0 Å². The summed E-state index contributed by atoms with van der Waals surface area (Å²) in [6.07, 6.45) is 3.24. The van der Waals surface area contributed by atoms with Gasteiger partial charge in [0.05, 0.1) is 12.7 Å². The van der Waals surface area contributed by atoms with Crippen molar-refractivity contribution in [3.63, 3.8) is 0 Å². The molecule has 4 nitrogen and oxygen atoms in total. The predicted octanol–water partition coefficient (Wildman–Crippen LogP) is 3.66. The first kappa shape index (κ1) is 17.0. The summed E-state index contributed by atoms with van der Waals surface area (Å²) in [7, 11) is 1.55. The Morgan fingerprint density at radius 3 is 2.68 bits per heavy atom. The van der Waals surface area contributed by atoms with Gasteiger partial charge in [-0.25, -0.2) is 0 Å². The van der Waals surface area contributed by atoms with Crippen LogP contribution in [0.15, 0.2) is 48.5 Å². The number of methoxy groups -OCH3 is 1. The molecule has 25 heavy (non-hydrogen) atoms. The Balaban J connectivity index is 2.06. The number of hydrogen-bond acceptors (Lipinski definition) is 4. The molecule has 0 amide bonds. The third-order valence-electron chi connectivity index (χ3n) is 4.31. The number of benzene rings is 2. The fraction of sp³-hybridized carbons (Fsp3) is 0.238. The van der Waals surface area contributed by atoms with Crippen molar-refractivity contribution in [1.29, 1.82) is 0 Å². The number of ketones is 1. The second-order valence-corrected chi connectivity index (χ2v) is 6.84. The number of carbonyl (C=O) groups is 2. The van der Waals surface area contributed by atoms with Gasteiger partial charge in [0, 0.05) is 28.4 Å². The molecule has 3 rings (SSSR count). The molecule has 0 spiro atoms. The Kier molecular flexibility index (Phi) is 4.45. The van der Waals surface area contributed by atoms with Crippen LogP contribution < -0.4 is 10.1 Å². The van der Waals surface area contributed by atoms with E-state index in [0.717, 1.165) is 29.5 Å². The maximum atomic E-state index is 12.8. The highest BCUT2D eigenvalue weighted by molar-refractivity contribution is 6.10. The van der Waals surface area contributed by atoms with Crippen molar-refractivity contribution in [3.05, 3.63) is 70.8 Å². The topological polar surface area (TPSA) is 55.4 Å². The minimum absolute atomic E-state index is 0.122. The number of carbonyl (C=O) groups excluding carboxylic acids is 2. The number of allylic oxidation sites excluding steroid dienone is 1. The molecule has 0 atom stereocenters. The molecule has 128 valence electrons. The molecule has 0 fully saturated rings. The zero-order valence-electron chi connectivity index (χ0n) is 14.6. The molecular formula is C21H21NO3. The van der Waals surface area contributed by atoms with Gasteiger partial charge in [-0.2, -0.15) is 0 Å². The second kappa shape index (κ2) is 6.55. The minimum Gasteiger partial charge on any atom is -0.496 e. The van der Waals surface area contributed by atoms with Crippen LogP contribution in [0.25, 0.3) is 5.70 Å². The summed E-state index contributed by atoms with van der Waals surface area (Å²) in [4.78, 5) is 23.9. The first-order valence-corrected chi connectivity index (χ1v) is 8.19. The smallest absolute Gasteiger partial charge is 0.191 e. The first-order valence-electron chi connectivity index (χ1n) is 8.19. The van der Waals surface area contributed by atoms with Crippen molar-refractivity contribution in [2.24, 2.45) is 0 Å². The van der Waals surface area contributed by atoms with Crippen molar-refractivity contribution in [2.75, 3.05) is 7.11 Å². The fourth-order valence-electron chi connectivity index (χ4n) is 3.22. The normalized spacial score (nSPS) is 16.7. The van der Waals surface area contributed by atoms with Gasteiger partial charge in [-0.3, -0.25) is 9.59 Å². The molecule has 1 aliphatic heterocycles. The van der Waals surface area contributed by atoms with Crippen LogP contribution in [0.1, 0.15) is 45.7 Å². The molecular weight excluding hydrogens is 314 g/mol. The van der Waals surface area contributed by atoms with Crippen LogP contribution in [-0.4, -0.2) is 24.7 Å². The number of aldehydes is 1. The maximum Gasteiger partial charge on any atom is 0.191 e. The molecule has 0 saturated heterocycles. The third-order valence-corrected chi connectivity index (χ3v) is 4.31. The van der Waals surface area contributed by atoms with Gasteiger partial charge in [0.1, 0.15) is 12.0 Å². The number of para-hydroxylation sites is 1. The van der Waals surface area contributed by atoms with Crippen molar-refractivity contribution in [3.8, 4) is 5.75 Å². The van der Waals surface area contributed by atoms with E-state index in [0.29, 0.717) is 16.9 Å². The molecule has 1 N–H and O–H groups in total. The zero-order chi connectivity index (χ0) is 18.0. The van der Waals surface area contributed by atoms with Gasteiger partial charge in [0.2, 0.25) is 0 Å². The Morgan fingerprint density at radius 2 is 1.96 bits per heavy atom. The van der Waals surface area contributed by atoms with Gasteiger partial charge in [-0.1, -0.05) is 24.3 Å². The Hall–Kier alpha value is -2.88. The summed E-state index contributed by atoms with van der Waals surface area (Å²) < 4.78 is 5.29. The number of hydrogen-bond donors (Lipinski definition) is 1. The maximum absolute atomic E-state index is 12.8. The lowest BCUT2D eigenvalue weighted by Crippen LogP contribution is -2.43. The summed E-state index contributed by atoms with van der Waals surface area (Å²) in [5, 5.41) is 3.44. The standard InChI is InChI=1S/C21H21NO3/c1-21(2)12-15-10-14(13-23)8-9-16(15)18(22-21)11-19(24)17-6-4-5-7-20(17)25-3/h4-11,13,22H,12H2,1-3H3. The summed E-state index contributed by atoms with van der Waals surface area (Å²) in [6.45, 7) is 4.15. The molecule has 2 aromatic carbocycles. The molecule has 1 heterocycles. The second-order valence-electron chi connectivity index (χ2n) is 6.84. The average molecular weight is 335 g/mol. The lowest BCUT2D eigenvalue weighted by Gasteiger charge is -2.35. The van der Waals surface area contributed by atoms with Crippen molar-refractivity contribution < 1.29 is 14.3 Å². The highest BCUT2D eigenvalue weighted by Crippen LogP contribution is 2.31. The highest BCUT2D eigenvalue weighted by Gasteiger charge is 2.28. The van der Waals surface area contributed by atoms with Crippen molar-refractivity contribution in [2.45, 2.75) is 25.8 Å². The number of ether oxygens (including phenoxy) is 1. The molecule has 0 unspecified atom stereocenters. The van der Waals surface area contributed by atoms with E-state index in [-0.39, 0.29) is 11.3 Å². The molecule has 0 aromatic heterocycles. The van der Waals surface area contributed by atoms with E-state index >= 15 is 0 Å². The predicted molar refractivity (Wildman–Crippen MR) is 98.0 cm³/mol. The lowest BCUT2D eigenvalue weighted by molar-refractivity contribution is 0.104. The van der Waals surface area contributed by atoms with Gasteiger partial charge in [0.15, 0.2) is 5.78 Å². The van der Waals surface area contributed by atoms with Crippen molar-refractivity contribution in [1.82, 2.24) is 5.32 Å². The van der Waals surface area contributed by atoms with Gasteiger partial charge < -0.3 is 10.1 Å². The van der Waals surface area contributed by atoms with Crippen LogP contribution in [0.5, 0.6) is 5.75 Å².